The SMILES string of the molecule is CCc1nnc2c3c(-c4ccccc4)csc3ncn12. The second kappa shape index (κ2) is 4.38. The monoisotopic (exact) mass is 280 g/mol. The molecule has 0 aliphatic carbocycles. The first-order chi connectivity index (χ1) is 9.88. The molecular weight excluding hydrogens is 268 g/mol. The fourth-order valence-electron chi connectivity index (χ4n) is 2.46. The smallest absolute Gasteiger partial charge is 0.173 e. The highest BCUT2D eigenvalue weighted by atomic mass is 32.1. The maximum Gasteiger partial charge on any atom is 0.173 e. The Morgan fingerprint density at radius 2 is 2.00 bits per heavy atom. The van der Waals surface area contributed by atoms with Crippen molar-refractivity contribution in [1.29, 1.82) is 0 Å². The Hall–Kier alpha value is -2.27. The molecule has 0 amide bonds. The van der Waals surface area contributed by atoms with E-state index < -0.39 is 0 Å². The summed E-state index contributed by atoms with van der Waals surface area (Å²) >= 11 is 1.65. The third-order valence-electron chi connectivity index (χ3n) is 3.45. The van der Waals surface area contributed by atoms with E-state index in [2.05, 4.69) is 39.6 Å². The fourth-order valence-corrected chi connectivity index (χ4v) is 3.37. The van der Waals surface area contributed by atoms with Crippen molar-refractivity contribution in [3.05, 3.63) is 47.9 Å². The molecule has 0 fully saturated rings. The number of hydrogen-bond donors (Lipinski definition) is 0. The van der Waals surface area contributed by atoms with Gasteiger partial charge in [0.2, 0.25) is 0 Å². The molecular formula is C15H12N4S. The molecule has 0 unspecified atom stereocenters. The van der Waals surface area contributed by atoms with Crippen LogP contribution in [-0.4, -0.2) is 19.6 Å². The molecule has 3 aromatic heterocycles. The molecule has 20 heavy (non-hydrogen) atoms. The van der Waals surface area contributed by atoms with Crippen LogP contribution in [0.1, 0.15) is 12.7 Å². The minimum atomic E-state index is 0.846. The number of aryl methyl sites for hydroxylation is 1. The van der Waals surface area contributed by atoms with E-state index in [9.17, 15) is 0 Å². The predicted octanol–water partition coefficient (Wildman–Crippen LogP) is 3.57. The highest BCUT2D eigenvalue weighted by Gasteiger charge is 2.14. The van der Waals surface area contributed by atoms with E-state index in [1.165, 1.54) is 11.1 Å². The molecule has 98 valence electrons. The third-order valence-corrected chi connectivity index (χ3v) is 4.34. The molecule has 0 aliphatic heterocycles. The number of nitrogens with zero attached hydrogens (tertiary/aromatic N) is 4. The number of aromatic nitrogens is 4. The summed E-state index contributed by atoms with van der Waals surface area (Å²) in [4.78, 5) is 5.54. The lowest BCUT2D eigenvalue weighted by Crippen LogP contribution is -1.93. The Morgan fingerprint density at radius 1 is 1.15 bits per heavy atom. The van der Waals surface area contributed by atoms with Crippen LogP contribution in [0.15, 0.2) is 42.0 Å². The van der Waals surface area contributed by atoms with Crippen molar-refractivity contribution in [1.82, 2.24) is 19.6 Å². The first kappa shape index (κ1) is 11.5. The normalized spacial score (nSPS) is 11.4. The lowest BCUT2D eigenvalue weighted by Gasteiger charge is -2.01. The van der Waals surface area contributed by atoms with Gasteiger partial charge in [0, 0.05) is 17.4 Å². The van der Waals surface area contributed by atoms with Gasteiger partial charge in [0.15, 0.2) is 5.65 Å². The molecule has 0 bridgehead atoms. The second-order valence-electron chi connectivity index (χ2n) is 4.60. The van der Waals surface area contributed by atoms with Crippen LogP contribution in [-0.2, 0) is 6.42 Å². The topological polar surface area (TPSA) is 43.1 Å². The molecule has 0 atom stereocenters. The highest BCUT2D eigenvalue weighted by Crippen LogP contribution is 2.34. The number of hydrogen-bond acceptors (Lipinski definition) is 4. The van der Waals surface area contributed by atoms with Crippen LogP contribution in [0.3, 0.4) is 0 Å². The van der Waals surface area contributed by atoms with Gasteiger partial charge >= 0.3 is 0 Å². The minimum Gasteiger partial charge on any atom is -0.269 e. The van der Waals surface area contributed by atoms with E-state index in [0.29, 0.717) is 0 Å². The molecule has 4 aromatic rings. The number of rotatable bonds is 2. The van der Waals surface area contributed by atoms with Gasteiger partial charge in [0.25, 0.3) is 0 Å². The van der Waals surface area contributed by atoms with Crippen LogP contribution in [0.5, 0.6) is 0 Å². The second-order valence-corrected chi connectivity index (χ2v) is 5.46. The minimum absolute atomic E-state index is 0.846. The van der Waals surface area contributed by atoms with Crippen LogP contribution in [0.2, 0.25) is 0 Å². The van der Waals surface area contributed by atoms with Crippen LogP contribution in [0.25, 0.3) is 27.0 Å². The van der Waals surface area contributed by atoms with Gasteiger partial charge < -0.3 is 0 Å². The van der Waals surface area contributed by atoms with Crippen molar-refractivity contribution >= 4 is 27.2 Å². The Kier molecular flexibility index (Phi) is 2.53. The quantitative estimate of drug-likeness (QED) is 0.564. The fraction of sp³-hybridized carbons (Fsp3) is 0.133. The summed E-state index contributed by atoms with van der Waals surface area (Å²) in [6.07, 6.45) is 2.67. The Balaban J connectivity index is 2.10. The van der Waals surface area contributed by atoms with Crippen molar-refractivity contribution in [2.45, 2.75) is 13.3 Å². The molecule has 0 saturated carbocycles. The van der Waals surface area contributed by atoms with Gasteiger partial charge in [-0.05, 0) is 5.56 Å². The van der Waals surface area contributed by atoms with Crippen LogP contribution in [0, 0.1) is 0 Å². The average molecular weight is 280 g/mol. The van der Waals surface area contributed by atoms with Crippen molar-refractivity contribution in [2.24, 2.45) is 0 Å². The molecule has 0 saturated heterocycles. The molecule has 0 N–H and O–H groups in total. The number of fused-ring (bicyclic) bond motifs is 3. The summed E-state index contributed by atoms with van der Waals surface area (Å²) in [6, 6.07) is 10.4. The first-order valence-electron chi connectivity index (χ1n) is 6.53. The van der Waals surface area contributed by atoms with Crippen molar-refractivity contribution < 1.29 is 0 Å². The maximum absolute atomic E-state index is 4.54. The molecule has 0 radical (unpaired) electrons. The van der Waals surface area contributed by atoms with E-state index in [1.54, 1.807) is 11.3 Å². The van der Waals surface area contributed by atoms with Gasteiger partial charge in [-0.2, -0.15) is 0 Å². The van der Waals surface area contributed by atoms with Gasteiger partial charge in [0.05, 0.1) is 5.39 Å². The molecule has 5 heteroatoms. The summed E-state index contributed by atoms with van der Waals surface area (Å²) in [5.41, 5.74) is 3.26. The zero-order valence-corrected chi connectivity index (χ0v) is 11.8. The molecule has 0 spiro atoms. The standard InChI is InChI=1S/C15H12N4S/c1-2-12-17-18-14-13-11(10-6-4-3-5-7-10)8-20-15(13)16-9-19(12)14/h3-9H,2H2,1H3. The maximum atomic E-state index is 4.54. The first-order valence-corrected chi connectivity index (χ1v) is 7.41. The van der Waals surface area contributed by atoms with Gasteiger partial charge in [-0.1, -0.05) is 37.3 Å². The zero-order chi connectivity index (χ0) is 13.5. The largest absolute Gasteiger partial charge is 0.269 e. The Labute approximate surface area is 119 Å². The predicted molar refractivity (Wildman–Crippen MR) is 81.0 cm³/mol. The molecule has 1 aromatic carbocycles. The summed E-state index contributed by atoms with van der Waals surface area (Å²) in [5, 5.41) is 11.9. The molecule has 3 heterocycles. The summed E-state index contributed by atoms with van der Waals surface area (Å²) in [5.74, 6) is 0.944. The van der Waals surface area contributed by atoms with Crippen LogP contribution in [0.4, 0.5) is 0 Å². The van der Waals surface area contributed by atoms with E-state index in [0.717, 1.165) is 28.1 Å². The van der Waals surface area contributed by atoms with Crippen molar-refractivity contribution in [2.75, 3.05) is 0 Å². The van der Waals surface area contributed by atoms with Crippen LogP contribution < -0.4 is 0 Å². The molecule has 0 aliphatic rings. The zero-order valence-electron chi connectivity index (χ0n) is 10.9. The van der Waals surface area contributed by atoms with E-state index >= 15 is 0 Å². The van der Waals surface area contributed by atoms with Gasteiger partial charge in [-0.3, -0.25) is 4.40 Å². The van der Waals surface area contributed by atoms with Crippen molar-refractivity contribution in [3.63, 3.8) is 0 Å². The highest BCUT2D eigenvalue weighted by molar-refractivity contribution is 7.17. The summed E-state index contributed by atoms with van der Waals surface area (Å²) in [6.45, 7) is 2.08. The molecule has 4 nitrogen and oxygen atoms in total. The van der Waals surface area contributed by atoms with Crippen molar-refractivity contribution in [3.8, 4) is 11.1 Å². The Morgan fingerprint density at radius 3 is 2.80 bits per heavy atom. The third kappa shape index (κ3) is 1.56. The lowest BCUT2D eigenvalue weighted by atomic mass is 10.1. The summed E-state index contributed by atoms with van der Waals surface area (Å²) < 4.78 is 1.99. The van der Waals surface area contributed by atoms with E-state index in [-0.39, 0.29) is 0 Å². The average Bonchev–Trinajstić information content (AvgIpc) is 3.11. The lowest BCUT2D eigenvalue weighted by molar-refractivity contribution is 0.900. The van der Waals surface area contributed by atoms with Gasteiger partial charge in [-0.15, -0.1) is 21.5 Å². The van der Waals surface area contributed by atoms with E-state index in [1.807, 2.05) is 28.9 Å². The van der Waals surface area contributed by atoms with Gasteiger partial charge in [0.1, 0.15) is 17.0 Å². The number of benzene rings is 1. The number of thiophene rings is 1. The summed E-state index contributed by atoms with van der Waals surface area (Å²) in [7, 11) is 0. The van der Waals surface area contributed by atoms with E-state index in [4.69, 9.17) is 0 Å². The van der Waals surface area contributed by atoms with Gasteiger partial charge in [-0.25, -0.2) is 4.98 Å². The Bertz CT molecular complexity index is 892. The van der Waals surface area contributed by atoms with Crippen LogP contribution >= 0.6 is 11.3 Å². The molecule has 4 rings (SSSR count).